The van der Waals surface area contributed by atoms with E-state index in [0.717, 1.165) is 52.8 Å². The molecule has 3 atom stereocenters. The molecule has 1 unspecified atom stereocenters. The van der Waals surface area contributed by atoms with E-state index in [2.05, 4.69) is 37.2 Å². The molecular weight excluding hydrogens is 374 g/mol. The molecule has 5 rings (SSSR count). The van der Waals surface area contributed by atoms with E-state index in [1.165, 1.54) is 11.3 Å². The van der Waals surface area contributed by atoms with Crippen LogP contribution >= 0.6 is 11.3 Å². The zero-order valence-electron chi connectivity index (χ0n) is 15.9. The fourth-order valence-corrected chi connectivity index (χ4v) is 5.33. The summed E-state index contributed by atoms with van der Waals surface area (Å²) in [5.41, 5.74) is 0.871. The summed E-state index contributed by atoms with van der Waals surface area (Å²) < 4.78 is 0. The maximum atomic E-state index is 12.6. The summed E-state index contributed by atoms with van der Waals surface area (Å²) in [6.45, 7) is 3.58. The third-order valence-electron chi connectivity index (χ3n) is 6.08. The van der Waals surface area contributed by atoms with Crippen molar-refractivity contribution in [2.45, 2.75) is 25.8 Å². The van der Waals surface area contributed by atoms with Crippen molar-refractivity contribution in [1.82, 2.24) is 24.8 Å². The average molecular weight is 398 g/mol. The number of H-pyrrole nitrogens is 1. The predicted molar refractivity (Wildman–Crippen MR) is 110 cm³/mol. The van der Waals surface area contributed by atoms with Gasteiger partial charge in [0, 0.05) is 32.4 Å². The normalized spacial score (nSPS) is 23.9. The maximum Gasteiger partial charge on any atom is 0.322 e. The summed E-state index contributed by atoms with van der Waals surface area (Å²) in [5.74, 6) is 2.07. The largest absolute Gasteiger partial charge is 0.356 e. The molecule has 0 aromatic carbocycles. The van der Waals surface area contributed by atoms with Crippen LogP contribution in [0.5, 0.6) is 0 Å². The Hall–Kier alpha value is -2.68. The highest BCUT2D eigenvalue weighted by Gasteiger charge is 2.44. The lowest BCUT2D eigenvalue weighted by molar-refractivity contribution is 0.218. The van der Waals surface area contributed by atoms with Crippen LogP contribution < -0.4 is 10.2 Å². The van der Waals surface area contributed by atoms with E-state index in [1.54, 1.807) is 12.5 Å². The van der Waals surface area contributed by atoms with Gasteiger partial charge in [0.2, 0.25) is 0 Å². The number of aromatic nitrogens is 4. The van der Waals surface area contributed by atoms with Crippen molar-refractivity contribution in [3.05, 3.63) is 29.8 Å². The molecule has 8 nitrogen and oxygen atoms in total. The van der Waals surface area contributed by atoms with E-state index in [1.807, 2.05) is 24.1 Å². The maximum absolute atomic E-state index is 12.6. The molecule has 3 aromatic heterocycles. The van der Waals surface area contributed by atoms with Gasteiger partial charge in [-0.3, -0.25) is 5.32 Å². The zero-order valence-corrected chi connectivity index (χ0v) is 16.7. The highest BCUT2D eigenvalue weighted by Crippen LogP contribution is 2.41. The third-order valence-corrected chi connectivity index (χ3v) is 6.91. The smallest absolute Gasteiger partial charge is 0.322 e. The molecule has 1 aliphatic carbocycles. The molecule has 1 saturated heterocycles. The van der Waals surface area contributed by atoms with E-state index in [-0.39, 0.29) is 6.03 Å². The lowest BCUT2D eigenvalue weighted by atomic mass is 10.0. The number of carbonyl (C=O) groups excluding carboxylic acids is 1. The van der Waals surface area contributed by atoms with Gasteiger partial charge in [0.25, 0.3) is 0 Å². The number of anilines is 2. The molecule has 3 aromatic rings. The van der Waals surface area contributed by atoms with Crippen LogP contribution in [0.15, 0.2) is 24.8 Å². The second kappa shape index (κ2) is 6.73. The molecule has 1 aliphatic heterocycles. The molecule has 2 N–H and O–H groups in total. The Morgan fingerprint density at radius 3 is 2.79 bits per heavy atom. The SMILES string of the molecule is Cc1ncc(NC(=O)N2C[C@H]3CC(N(C)c4ncnc5[nH]ccc45)C[C@H]3C2)s1. The van der Waals surface area contributed by atoms with Gasteiger partial charge < -0.3 is 14.8 Å². The monoisotopic (exact) mass is 397 g/mol. The Morgan fingerprint density at radius 1 is 1.29 bits per heavy atom. The number of nitrogens with one attached hydrogen (secondary N) is 2. The lowest BCUT2D eigenvalue weighted by Crippen LogP contribution is -2.36. The molecule has 2 fully saturated rings. The number of rotatable bonds is 3. The van der Waals surface area contributed by atoms with Gasteiger partial charge in [0.15, 0.2) is 0 Å². The minimum absolute atomic E-state index is 0.00668. The standard InChI is InChI=1S/C19H23N7OS/c1-11-21-7-16(28-11)24-19(27)26-8-12-5-14(6-13(12)9-26)25(2)18-15-3-4-20-17(15)22-10-23-18/h3-4,7,10,12-14H,5-6,8-9H2,1-2H3,(H,24,27)(H,20,22,23)/t12-,13+,14?. The highest BCUT2D eigenvalue weighted by atomic mass is 32.1. The van der Waals surface area contributed by atoms with Crippen LogP contribution in [-0.4, -0.2) is 57.0 Å². The summed E-state index contributed by atoms with van der Waals surface area (Å²) in [4.78, 5) is 33.0. The van der Waals surface area contributed by atoms with Gasteiger partial charge in [-0.2, -0.15) is 0 Å². The lowest BCUT2D eigenvalue weighted by Gasteiger charge is -2.28. The number of hydrogen-bond acceptors (Lipinski definition) is 6. The number of nitrogens with zero attached hydrogens (tertiary/aromatic N) is 5. The minimum Gasteiger partial charge on any atom is -0.356 e. The molecule has 1 saturated carbocycles. The fourth-order valence-electron chi connectivity index (χ4n) is 4.67. The first-order chi connectivity index (χ1) is 13.6. The van der Waals surface area contributed by atoms with E-state index in [0.29, 0.717) is 17.9 Å². The Morgan fingerprint density at radius 2 is 2.07 bits per heavy atom. The quantitative estimate of drug-likeness (QED) is 0.709. The van der Waals surface area contributed by atoms with Crippen molar-refractivity contribution in [3.8, 4) is 0 Å². The van der Waals surface area contributed by atoms with Crippen molar-refractivity contribution in [2.24, 2.45) is 11.8 Å². The van der Waals surface area contributed by atoms with E-state index < -0.39 is 0 Å². The Kier molecular flexibility index (Phi) is 4.19. The molecular formula is C19H23N7OS. The second-order valence-corrected chi connectivity index (χ2v) is 9.01. The van der Waals surface area contributed by atoms with Gasteiger partial charge in [-0.05, 0) is 37.7 Å². The zero-order chi connectivity index (χ0) is 19.3. The van der Waals surface area contributed by atoms with Crippen molar-refractivity contribution in [3.63, 3.8) is 0 Å². The number of amides is 2. The van der Waals surface area contributed by atoms with E-state index >= 15 is 0 Å². The number of fused-ring (bicyclic) bond motifs is 2. The van der Waals surface area contributed by atoms with Gasteiger partial charge in [-0.1, -0.05) is 0 Å². The van der Waals surface area contributed by atoms with Gasteiger partial charge in [0.05, 0.1) is 16.6 Å². The summed E-state index contributed by atoms with van der Waals surface area (Å²) in [6, 6.07) is 2.47. The molecule has 0 spiro atoms. The number of aryl methyl sites for hydroxylation is 1. The van der Waals surface area contributed by atoms with Crippen LogP contribution in [-0.2, 0) is 0 Å². The van der Waals surface area contributed by atoms with Crippen molar-refractivity contribution >= 4 is 39.2 Å². The Balaban J connectivity index is 1.23. The predicted octanol–water partition coefficient (Wildman–Crippen LogP) is 3.10. The Labute approximate surface area is 167 Å². The molecule has 9 heteroatoms. The van der Waals surface area contributed by atoms with Crippen LogP contribution in [0.25, 0.3) is 11.0 Å². The second-order valence-electron chi connectivity index (χ2n) is 7.77. The summed E-state index contributed by atoms with van der Waals surface area (Å²) in [5, 5.41) is 5.82. The van der Waals surface area contributed by atoms with Crippen LogP contribution in [0.3, 0.4) is 0 Å². The fraction of sp³-hybridized carbons (Fsp3) is 0.474. The van der Waals surface area contributed by atoms with Gasteiger partial charge >= 0.3 is 6.03 Å². The number of carbonyl (C=O) groups is 1. The van der Waals surface area contributed by atoms with Crippen LogP contribution in [0.2, 0.25) is 0 Å². The number of likely N-dealkylation sites (tertiary alicyclic amines) is 1. The van der Waals surface area contributed by atoms with Crippen molar-refractivity contribution in [2.75, 3.05) is 30.4 Å². The van der Waals surface area contributed by atoms with Crippen LogP contribution in [0.1, 0.15) is 17.8 Å². The molecule has 0 bridgehead atoms. The summed E-state index contributed by atoms with van der Waals surface area (Å²) in [6.07, 6.45) is 7.42. The molecule has 28 heavy (non-hydrogen) atoms. The molecule has 0 radical (unpaired) electrons. The molecule has 4 heterocycles. The number of aromatic amines is 1. The third kappa shape index (κ3) is 2.99. The van der Waals surface area contributed by atoms with Crippen molar-refractivity contribution in [1.29, 1.82) is 0 Å². The first-order valence-electron chi connectivity index (χ1n) is 9.58. The highest BCUT2D eigenvalue weighted by molar-refractivity contribution is 7.15. The van der Waals surface area contributed by atoms with Crippen molar-refractivity contribution < 1.29 is 4.79 Å². The molecule has 2 amide bonds. The van der Waals surface area contributed by atoms with Crippen LogP contribution in [0, 0.1) is 18.8 Å². The first kappa shape index (κ1) is 17.4. The molecule has 2 aliphatic rings. The topological polar surface area (TPSA) is 90.0 Å². The molecule has 146 valence electrons. The first-order valence-corrected chi connectivity index (χ1v) is 10.4. The summed E-state index contributed by atoms with van der Waals surface area (Å²) in [7, 11) is 2.12. The van der Waals surface area contributed by atoms with Gasteiger partial charge in [-0.15, -0.1) is 11.3 Å². The number of thiazole rings is 1. The van der Waals surface area contributed by atoms with Gasteiger partial charge in [-0.25, -0.2) is 19.7 Å². The van der Waals surface area contributed by atoms with E-state index in [9.17, 15) is 4.79 Å². The summed E-state index contributed by atoms with van der Waals surface area (Å²) >= 11 is 1.51. The number of hydrogen-bond donors (Lipinski definition) is 2. The van der Waals surface area contributed by atoms with Crippen LogP contribution in [0.4, 0.5) is 15.6 Å². The van der Waals surface area contributed by atoms with Gasteiger partial charge in [0.1, 0.15) is 22.8 Å². The Bertz CT molecular complexity index is 1000. The number of urea groups is 1. The van der Waals surface area contributed by atoms with E-state index in [4.69, 9.17) is 0 Å². The minimum atomic E-state index is -0.00668. The average Bonchev–Trinajstić information content (AvgIpc) is 3.43.